The van der Waals surface area contributed by atoms with Crippen LogP contribution < -0.4 is 9.47 Å². The van der Waals surface area contributed by atoms with E-state index < -0.39 is 0 Å². The number of aryl methyl sites for hydroxylation is 1. The molecular formula is C26H28O3. The first-order valence-electron chi connectivity index (χ1n) is 10.4. The lowest BCUT2D eigenvalue weighted by molar-refractivity contribution is -0.0651. The summed E-state index contributed by atoms with van der Waals surface area (Å²) in [5.41, 5.74) is 2.80. The van der Waals surface area contributed by atoms with Crippen LogP contribution in [0.25, 0.3) is 0 Å². The van der Waals surface area contributed by atoms with Gasteiger partial charge in [-0.25, -0.2) is 0 Å². The molecule has 0 spiro atoms. The van der Waals surface area contributed by atoms with Crippen LogP contribution in [0.2, 0.25) is 0 Å². The Morgan fingerprint density at radius 1 is 0.828 bits per heavy atom. The molecule has 3 aromatic rings. The first-order chi connectivity index (χ1) is 14.3. The monoisotopic (exact) mass is 388 g/mol. The summed E-state index contributed by atoms with van der Waals surface area (Å²) in [6.07, 6.45) is 3.26. The summed E-state index contributed by atoms with van der Waals surface area (Å²) >= 11 is 0. The summed E-state index contributed by atoms with van der Waals surface area (Å²) < 4.78 is 17.1. The molecular weight excluding hydrogens is 360 g/mol. The van der Waals surface area contributed by atoms with Crippen molar-refractivity contribution in [1.29, 1.82) is 0 Å². The van der Waals surface area contributed by atoms with Gasteiger partial charge in [0.1, 0.15) is 17.2 Å². The van der Waals surface area contributed by atoms with Crippen LogP contribution in [0.4, 0.5) is 0 Å². The average molecular weight is 389 g/mol. The maximum Gasteiger partial charge on any atom is 0.127 e. The van der Waals surface area contributed by atoms with Crippen LogP contribution in [-0.4, -0.2) is 19.8 Å². The quantitative estimate of drug-likeness (QED) is 0.439. The molecule has 0 aromatic heterocycles. The van der Waals surface area contributed by atoms with Crippen LogP contribution in [-0.2, 0) is 16.6 Å². The Kier molecular flexibility index (Phi) is 6.16. The van der Waals surface area contributed by atoms with Gasteiger partial charge in [0.25, 0.3) is 0 Å². The molecule has 1 fully saturated rings. The molecule has 0 saturated carbocycles. The minimum atomic E-state index is 0.142. The van der Waals surface area contributed by atoms with Gasteiger partial charge in [0.05, 0.1) is 19.8 Å². The maximum absolute atomic E-state index is 5.97. The molecule has 1 aliphatic heterocycles. The van der Waals surface area contributed by atoms with Gasteiger partial charge in [0.2, 0.25) is 0 Å². The predicted octanol–water partition coefficient (Wildman–Crippen LogP) is 6.17. The highest BCUT2D eigenvalue weighted by molar-refractivity contribution is 5.35. The highest BCUT2D eigenvalue weighted by Crippen LogP contribution is 2.38. The van der Waals surface area contributed by atoms with Gasteiger partial charge in [-0.3, -0.25) is 0 Å². The molecule has 3 nitrogen and oxygen atoms in total. The molecule has 0 bridgehead atoms. The third kappa shape index (κ3) is 4.80. The lowest BCUT2D eigenvalue weighted by atomic mass is 9.74. The Morgan fingerprint density at radius 3 is 2.28 bits per heavy atom. The topological polar surface area (TPSA) is 27.7 Å². The van der Waals surface area contributed by atoms with E-state index in [0.29, 0.717) is 6.61 Å². The largest absolute Gasteiger partial charge is 0.494 e. The standard InChI is InChI=1S/C26H28O3/c1-2-28-23-15-13-22(14-16-23)26(19-27-20-26)17-7-9-21-8-6-12-25(18-21)29-24-10-4-3-5-11-24/h3-6,8,10-16,18H,2,7,9,17,19-20H2,1H3. The van der Waals surface area contributed by atoms with E-state index in [2.05, 4.69) is 42.5 Å². The van der Waals surface area contributed by atoms with E-state index in [-0.39, 0.29) is 5.41 Å². The van der Waals surface area contributed by atoms with Crippen LogP contribution >= 0.6 is 0 Å². The minimum Gasteiger partial charge on any atom is -0.494 e. The van der Waals surface area contributed by atoms with Crippen molar-refractivity contribution in [2.45, 2.75) is 31.6 Å². The van der Waals surface area contributed by atoms with Gasteiger partial charge >= 0.3 is 0 Å². The molecule has 4 rings (SSSR count). The van der Waals surface area contributed by atoms with Gasteiger partial charge in [-0.1, -0.05) is 42.5 Å². The van der Waals surface area contributed by atoms with Crippen LogP contribution in [0, 0.1) is 0 Å². The number of rotatable bonds is 9. The molecule has 3 heteroatoms. The normalized spacial score (nSPS) is 14.8. The molecule has 0 radical (unpaired) electrons. The Balaban J connectivity index is 1.36. The van der Waals surface area contributed by atoms with E-state index >= 15 is 0 Å². The first-order valence-corrected chi connectivity index (χ1v) is 10.4. The summed E-state index contributed by atoms with van der Waals surface area (Å²) in [4.78, 5) is 0. The van der Waals surface area contributed by atoms with E-state index in [1.54, 1.807) is 0 Å². The second-order valence-corrected chi connectivity index (χ2v) is 7.65. The smallest absolute Gasteiger partial charge is 0.127 e. The molecule has 0 atom stereocenters. The van der Waals surface area contributed by atoms with Crippen molar-refractivity contribution >= 4 is 0 Å². The van der Waals surface area contributed by atoms with Gasteiger partial charge < -0.3 is 14.2 Å². The Hall–Kier alpha value is -2.78. The van der Waals surface area contributed by atoms with Gasteiger partial charge in [-0.2, -0.15) is 0 Å². The SMILES string of the molecule is CCOc1ccc(C2(CCCc3cccc(Oc4ccccc4)c3)COC2)cc1. The fourth-order valence-corrected chi connectivity index (χ4v) is 3.90. The van der Waals surface area contributed by atoms with Crippen molar-refractivity contribution in [1.82, 2.24) is 0 Å². The third-order valence-corrected chi connectivity index (χ3v) is 5.53. The molecule has 0 amide bonds. The zero-order valence-corrected chi connectivity index (χ0v) is 17.0. The number of hydrogen-bond acceptors (Lipinski definition) is 3. The van der Waals surface area contributed by atoms with E-state index in [1.807, 2.05) is 43.3 Å². The second-order valence-electron chi connectivity index (χ2n) is 7.65. The second kappa shape index (κ2) is 9.15. The molecule has 0 N–H and O–H groups in total. The summed E-state index contributed by atoms with van der Waals surface area (Å²) in [6, 6.07) is 26.9. The first kappa shape index (κ1) is 19.5. The van der Waals surface area contributed by atoms with Gasteiger partial charge in [0, 0.05) is 5.41 Å². The number of para-hydroxylation sites is 1. The Morgan fingerprint density at radius 2 is 1.59 bits per heavy atom. The fourth-order valence-electron chi connectivity index (χ4n) is 3.90. The van der Waals surface area contributed by atoms with Crippen molar-refractivity contribution in [3.05, 3.63) is 90.0 Å². The van der Waals surface area contributed by atoms with Crippen molar-refractivity contribution in [3.63, 3.8) is 0 Å². The highest BCUT2D eigenvalue weighted by Gasteiger charge is 2.39. The zero-order valence-electron chi connectivity index (χ0n) is 17.0. The van der Waals surface area contributed by atoms with E-state index in [0.717, 1.165) is 49.7 Å². The van der Waals surface area contributed by atoms with E-state index in [9.17, 15) is 0 Å². The van der Waals surface area contributed by atoms with Crippen LogP contribution in [0.1, 0.15) is 30.9 Å². The van der Waals surface area contributed by atoms with Crippen molar-refractivity contribution < 1.29 is 14.2 Å². The zero-order chi connectivity index (χ0) is 19.9. The summed E-state index contributed by atoms with van der Waals surface area (Å²) in [6.45, 7) is 4.31. The van der Waals surface area contributed by atoms with Crippen LogP contribution in [0.3, 0.4) is 0 Å². The molecule has 0 aliphatic carbocycles. The molecule has 1 saturated heterocycles. The van der Waals surface area contributed by atoms with E-state index in [1.165, 1.54) is 11.1 Å². The molecule has 0 unspecified atom stereocenters. The lowest BCUT2D eigenvalue weighted by Gasteiger charge is -2.42. The maximum atomic E-state index is 5.97. The number of hydrogen-bond donors (Lipinski definition) is 0. The fraction of sp³-hybridized carbons (Fsp3) is 0.308. The van der Waals surface area contributed by atoms with Gasteiger partial charge in [-0.05, 0) is 73.7 Å². The highest BCUT2D eigenvalue weighted by atomic mass is 16.5. The van der Waals surface area contributed by atoms with Crippen molar-refractivity contribution in [2.24, 2.45) is 0 Å². The summed E-state index contributed by atoms with van der Waals surface area (Å²) in [5, 5.41) is 0. The summed E-state index contributed by atoms with van der Waals surface area (Å²) in [5.74, 6) is 2.69. The summed E-state index contributed by atoms with van der Waals surface area (Å²) in [7, 11) is 0. The number of benzene rings is 3. The van der Waals surface area contributed by atoms with E-state index in [4.69, 9.17) is 14.2 Å². The Labute approximate surface area is 173 Å². The molecule has 1 aliphatic rings. The molecule has 1 heterocycles. The van der Waals surface area contributed by atoms with Gasteiger partial charge in [-0.15, -0.1) is 0 Å². The predicted molar refractivity (Wildman–Crippen MR) is 116 cm³/mol. The lowest BCUT2D eigenvalue weighted by Crippen LogP contribution is -2.46. The van der Waals surface area contributed by atoms with Gasteiger partial charge in [0.15, 0.2) is 0 Å². The molecule has 3 aromatic carbocycles. The minimum absolute atomic E-state index is 0.142. The average Bonchev–Trinajstić information content (AvgIpc) is 2.72. The van der Waals surface area contributed by atoms with Crippen molar-refractivity contribution in [2.75, 3.05) is 19.8 Å². The third-order valence-electron chi connectivity index (χ3n) is 5.53. The molecule has 150 valence electrons. The van der Waals surface area contributed by atoms with Crippen molar-refractivity contribution in [3.8, 4) is 17.2 Å². The van der Waals surface area contributed by atoms with Crippen LogP contribution in [0.5, 0.6) is 17.2 Å². The van der Waals surface area contributed by atoms with Crippen LogP contribution in [0.15, 0.2) is 78.9 Å². The Bertz CT molecular complexity index is 899. The molecule has 29 heavy (non-hydrogen) atoms. The number of ether oxygens (including phenoxy) is 3.